The van der Waals surface area contributed by atoms with Crippen molar-refractivity contribution < 1.29 is 19.3 Å². The van der Waals surface area contributed by atoms with Gasteiger partial charge in [0, 0.05) is 28.7 Å². The Hall–Kier alpha value is -3.81. The van der Waals surface area contributed by atoms with Gasteiger partial charge in [0.1, 0.15) is 5.56 Å². The molecule has 0 unspecified atom stereocenters. The fourth-order valence-corrected chi connectivity index (χ4v) is 3.58. The molecule has 0 saturated heterocycles. The second kappa shape index (κ2) is 6.41. The van der Waals surface area contributed by atoms with Gasteiger partial charge >= 0.3 is 0 Å². The van der Waals surface area contributed by atoms with E-state index in [4.69, 9.17) is 0 Å². The molecule has 0 saturated carbocycles. The van der Waals surface area contributed by atoms with Crippen molar-refractivity contribution in [2.75, 3.05) is 6.54 Å². The van der Waals surface area contributed by atoms with Crippen molar-refractivity contribution in [3.8, 4) is 0 Å². The number of benzene rings is 2. The van der Waals surface area contributed by atoms with Crippen LogP contribution in [0.2, 0.25) is 0 Å². The minimum Gasteiger partial charge on any atom is -0.360 e. The number of para-hydroxylation sites is 1. The molecular weight excluding hydrogens is 362 g/mol. The third kappa shape index (κ3) is 2.50. The van der Waals surface area contributed by atoms with Crippen LogP contribution >= 0.6 is 0 Å². The molecule has 0 bridgehead atoms. The number of nitrogens with one attached hydrogen (secondary N) is 1. The highest BCUT2D eigenvalue weighted by molar-refractivity contribution is 6.25. The maximum absolute atomic E-state index is 12.8. The topological polar surface area (TPSA) is 113 Å². The minimum absolute atomic E-state index is 0.0563. The summed E-state index contributed by atoms with van der Waals surface area (Å²) in [6.45, 7) is 1.52. The zero-order valence-corrected chi connectivity index (χ0v) is 14.9. The molecule has 4 rings (SSSR count). The zero-order valence-electron chi connectivity index (χ0n) is 14.9. The van der Waals surface area contributed by atoms with Crippen LogP contribution in [0.15, 0.2) is 42.6 Å². The Morgan fingerprint density at radius 3 is 2.61 bits per heavy atom. The van der Waals surface area contributed by atoms with Crippen molar-refractivity contribution in [1.29, 1.82) is 0 Å². The summed E-state index contributed by atoms with van der Waals surface area (Å²) in [5.74, 6) is -1.95. The molecule has 1 aliphatic rings. The summed E-state index contributed by atoms with van der Waals surface area (Å²) in [5.41, 5.74) is 1.50. The van der Waals surface area contributed by atoms with E-state index in [2.05, 4.69) is 4.98 Å². The molecule has 8 nitrogen and oxygen atoms in total. The zero-order chi connectivity index (χ0) is 20.0. The average molecular weight is 377 g/mol. The van der Waals surface area contributed by atoms with Gasteiger partial charge in [0.25, 0.3) is 17.5 Å². The summed E-state index contributed by atoms with van der Waals surface area (Å²) >= 11 is 0. The van der Waals surface area contributed by atoms with Crippen LogP contribution in [0.4, 0.5) is 5.69 Å². The monoisotopic (exact) mass is 377 g/mol. The third-order valence-electron chi connectivity index (χ3n) is 4.96. The van der Waals surface area contributed by atoms with Crippen molar-refractivity contribution in [2.45, 2.75) is 13.3 Å². The largest absolute Gasteiger partial charge is 0.360 e. The number of nitrogens with zero attached hydrogens (tertiary/aromatic N) is 2. The van der Waals surface area contributed by atoms with Gasteiger partial charge < -0.3 is 4.98 Å². The number of H-pyrrole nitrogens is 1. The Balaban J connectivity index is 1.68. The molecule has 2 heterocycles. The van der Waals surface area contributed by atoms with E-state index in [9.17, 15) is 24.5 Å². The number of ketones is 1. The van der Waals surface area contributed by atoms with Crippen molar-refractivity contribution >= 4 is 34.2 Å². The van der Waals surface area contributed by atoms with Crippen LogP contribution in [-0.4, -0.2) is 38.9 Å². The Morgan fingerprint density at radius 1 is 1.14 bits per heavy atom. The van der Waals surface area contributed by atoms with E-state index in [0.29, 0.717) is 10.9 Å². The van der Waals surface area contributed by atoms with E-state index >= 15 is 0 Å². The van der Waals surface area contributed by atoms with E-state index in [1.165, 1.54) is 18.2 Å². The van der Waals surface area contributed by atoms with Gasteiger partial charge in [-0.2, -0.15) is 0 Å². The van der Waals surface area contributed by atoms with Gasteiger partial charge in [-0.25, -0.2) is 0 Å². The molecule has 1 aromatic heterocycles. The molecule has 1 N–H and O–H groups in total. The number of hydrogen-bond acceptors (Lipinski definition) is 5. The highest BCUT2D eigenvalue weighted by Crippen LogP contribution is 2.31. The lowest BCUT2D eigenvalue weighted by Gasteiger charge is -2.12. The first-order chi connectivity index (χ1) is 13.4. The van der Waals surface area contributed by atoms with Gasteiger partial charge in [0.05, 0.1) is 17.0 Å². The number of aryl methyl sites for hydroxylation is 1. The first kappa shape index (κ1) is 17.6. The minimum atomic E-state index is -0.824. The molecule has 8 heteroatoms. The normalized spacial score (nSPS) is 13.2. The van der Waals surface area contributed by atoms with Crippen LogP contribution in [0.1, 0.15) is 43.6 Å². The summed E-state index contributed by atoms with van der Waals surface area (Å²) in [5, 5.41) is 11.9. The van der Waals surface area contributed by atoms with Crippen LogP contribution in [-0.2, 0) is 6.42 Å². The van der Waals surface area contributed by atoms with Gasteiger partial charge in [-0.15, -0.1) is 0 Å². The van der Waals surface area contributed by atoms with Crippen LogP contribution in [0.5, 0.6) is 0 Å². The Morgan fingerprint density at radius 2 is 1.89 bits per heavy atom. The van der Waals surface area contributed by atoms with Gasteiger partial charge in [-0.3, -0.25) is 29.4 Å². The number of nitro benzene ring substituents is 1. The maximum atomic E-state index is 12.8. The van der Waals surface area contributed by atoms with Crippen LogP contribution < -0.4 is 0 Å². The lowest BCUT2D eigenvalue weighted by molar-refractivity contribution is -0.385. The fourth-order valence-electron chi connectivity index (χ4n) is 3.58. The summed E-state index contributed by atoms with van der Waals surface area (Å²) in [6.07, 6.45) is 2.35. The number of imide groups is 1. The van der Waals surface area contributed by atoms with Gasteiger partial charge in [0.15, 0.2) is 5.78 Å². The molecule has 3 aromatic rings. The summed E-state index contributed by atoms with van der Waals surface area (Å²) in [4.78, 5) is 52.4. The maximum Gasteiger partial charge on any atom is 0.282 e. The number of nitro groups is 1. The highest BCUT2D eigenvalue weighted by atomic mass is 16.6. The smallest absolute Gasteiger partial charge is 0.282 e. The van der Waals surface area contributed by atoms with Crippen molar-refractivity contribution in [2.24, 2.45) is 0 Å². The predicted octanol–water partition coefficient (Wildman–Crippen LogP) is 3.12. The second-order valence-corrected chi connectivity index (χ2v) is 6.47. The lowest BCUT2D eigenvalue weighted by Crippen LogP contribution is -2.34. The number of aromatic nitrogens is 1. The summed E-state index contributed by atoms with van der Waals surface area (Å²) in [6, 6.07) is 9.46. The molecule has 0 aliphatic carbocycles. The highest BCUT2D eigenvalue weighted by Gasteiger charge is 2.41. The lowest BCUT2D eigenvalue weighted by atomic mass is 10.0. The van der Waals surface area contributed by atoms with Gasteiger partial charge in [-0.1, -0.05) is 31.2 Å². The Bertz CT molecular complexity index is 1180. The second-order valence-electron chi connectivity index (χ2n) is 6.47. The molecular formula is C20H15N3O5. The van der Waals surface area contributed by atoms with E-state index in [1.54, 1.807) is 12.3 Å². The molecule has 0 fully saturated rings. The fraction of sp³-hybridized carbons (Fsp3) is 0.150. The Kier molecular flexibility index (Phi) is 4.03. The van der Waals surface area contributed by atoms with E-state index < -0.39 is 34.8 Å². The Labute approximate surface area is 158 Å². The number of Topliss-reactive ketones (excluding diaryl/α,β-unsaturated/α-hetero) is 1. The van der Waals surface area contributed by atoms with Crippen LogP contribution in [0.3, 0.4) is 0 Å². The van der Waals surface area contributed by atoms with E-state index in [-0.39, 0.29) is 11.1 Å². The van der Waals surface area contributed by atoms with Crippen LogP contribution in [0.25, 0.3) is 10.9 Å². The summed E-state index contributed by atoms with van der Waals surface area (Å²) in [7, 11) is 0. The number of rotatable bonds is 5. The number of aromatic amines is 1. The van der Waals surface area contributed by atoms with Crippen molar-refractivity contribution in [3.63, 3.8) is 0 Å². The molecule has 2 aromatic carbocycles. The van der Waals surface area contributed by atoms with E-state index in [1.807, 2.05) is 19.1 Å². The number of carbonyl (C=O) groups excluding carboxylic acids is 3. The van der Waals surface area contributed by atoms with Gasteiger partial charge in [0.2, 0.25) is 0 Å². The SMILES string of the molecule is CCc1cccc2c(C(=O)CN3C(=O)c4cccc([N+](=O)[O-])c4C3=O)c[nH]c12. The predicted molar refractivity (Wildman–Crippen MR) is 100 cm³/mol. The van der Waals surface area contributed by atoms with Crippen molar-refractivity contribution in [3.05, 3.63) is 75.0 Å². The average Bonchev–Trinajstić information content (AvgIpc) is 3.23. The van der Waals surface area contributed by atoms with Crippen LogP contribution in [0, 0.1) is 10.1 Å². The molecule has 2 amide bonds. The molecule has 28 heavy (non-hydrogen) atoms. The quantitative estimate of drug-likeness (QED) is 0.318. The van der Waals surface area contributed by atoms with Crippen molar-refractivity contribution in [1.82, 2.24) is 9.88 Å². The number of amides is 2. The first-order valence-corrected chi connectivity index (χ1v) is 8.69. The summed E-state index contributed by atoms with van der Waals surface area (Å²) < 4.78 is 0. The number of hydrogen-bond donors (Lipinski definition) is 1. The number of carbonyl (C=O) groups is 3. The third-order valence-corrected chi connectivity index (χ3v) is 4.96. The molecule has 0 spiro atoms. The molecule has 0 atom stereocenters. The molecule has 140 valence electrons. The first-order valence-electron chi connectivity index (χ1n) is 8.69. The number of fused-ring (bicyclic) bond motifs is 2. The van der Waals surface area contributed by atoms with Gasteiger partial charge in [-0.05, 0) is 18.1 Å². The van der Waals surface area contributed by atoms with E-state index in [0.717, 1.165) is 22.4 Å². The molecule has 1 aliphatic heterocycles. The standard InChI is InChI=1S/C20H15N3O5/c1-2-11-5-3-6-12-14(9-21-18(11)12)16(24)10-22-19(25)13-7-4-8-15(23(27)28)17(13)20(22)26/h3-9,21H,2,10H2,1H3. The molecule has 0 radical (unpaired) electrons.